The highest BCUT2D eigenvalue weighted by atomic mass is 16.6. The molecule has 0 spiro atoms. The van der Waals surface area contributed by atoms with Crippen molar-refractivity contribution in [2.24, 2.45) is 0 Å². The van der Waals surface area contributed by atoms with Crippen molar-refractivity contribution >= 4 is 17.6 Å². The molecule has 154 valence electrons. The average molecular weight is 401 g/mol. The number of piperazine rings is 1. The number of hydrogen-bond donors (Lipinski definition) is 0. The van der Waals surface area contributed by atoms with Crippen LogP contribution in [0.25, 0.3) is 0 Å². The summed E-state index contributed by atoms with van der Waals surface area (Å²) in [5.41, 5.74) is 1.66. The van der Waals surface area contributed by atoms with Crippen molar-refractivity contribution in [3.05, 3.63) is 45.8 Å². The van der Waals surface area contributed by atoms with Gasteiger partial charge in [0.1, 0.15) is 12.1 Å². The Hall–Kier alpha value is -3.43. The van der Waals surface area contributed by atoms with Crippen molar-refractivity contribution in [2.75, 3.05) is 37.7 Å². The van der Waals surface area contributed by atoms with Crippen LogP contribution in [0.15, 0.2) is 24.5 Å². The number of amides is 1. The lowest BCUT2D eigenvalue weighted by Gasteiger charge is -2.34. The van der Waals surface area contributed by atoms with Crippen LogP contribution in [0.3, 0.4) is 0 Å². The van der Waals surface area contributed by atoms with Crippen LogP contribution in [-0.2, 0) is 4.74 Å². The molecule has 3 rings (SSSR count). The predicted molar refractivity (Wildman–Crippen MR) is 105 cm³/mol. The first-order valence-corrected chi connectivity index (χ1v) is 9.31. The van der Waals surface area contributed by atoms with Gasteiger partial charge in [-0.25, -0.2) is 9.78 Å². The maximum Gasteiger partial charge on any atom is 0.409 e. The van der Waals surface area contributed by atoms with E-state index in [4.69, 9.17) is 9.47 Å². The number of nitro groups is 1. The molecule has 10 nitrogen and oxygen atoms in total. The molecule has 1 aromatic heterocycles. The summed E-state index contributed by atoms with van der Waals surface area (Å²) in [7, 11) is 0. The SMILES string of the molecule is CCOC(=O)N1CCN(c2ncnc(Oc3cc(C)cc(C)c3)c2[N+](=O)[O-])CC1. The summed E-state index contributed by atoms with van der Waals surface area (Å²) >= 11 is 0. The van der Waals surface area contributed by atoms with Gasteiger partial charge in [0.05, 0.1) is 11.5 Å². The zero-order chi connectivity index (χ0) is 21.0. The Labute approximate surface area is 168 Å². The number of nitrogens with zero attached hydrogens (tertiary/aromatic N) is 5. The Balaban J connectivity index is 1.84. The van der Waals surface area contributed by atoms with E-state index >= 15 is 0 Å². The molecule has 0 unspecified atom stereocenters. The standard InChI is InChI=1S/C19H23N5O5/c1-4-28-19(25)23-7-5-22(6-8-23)17-16(24(26)27)18(21-12-20-17)29-15-10-13(2)9-14(3)11-15/h9-12H,4-8H2,1-3H3. The summed E-state index contributed by atoms with van der Waals surface area (Å²) in [6.07, 6.45) is 0.862. The van der Waals surface area contributed by atoms with Crippen LogP contribution in [0, 0.1) is 24.0 Å². The molecule has 1 aliphatic rings. The molecule has 1 amide bonds. The Morgan fingerprint density at radius 3 is 2.38 bits per heavy atom. The van der Waals surface area contributed by atoms with Crippen molar-refractivity contribution in [1.82, 2.24) is 14.9 Å². The number of hydrogen-bond acceptors (Lipinski definition) is 8. The third-order valence-electron chi connectivity index (χ3n) is 4.47. The first kappa shape index (κ1) is 20.3. The van der Waals surface area contributed by atoms with Gasteiger partial charge in [0.2, 0.25) is 5.82 Å². The highest BCUT2D eigenvalue weighted by Gasteiger charge is 2.31. The number of rotatable bonds is 5. The molecule has 1 aliphatic heterocycles. The number of carbonyl (C=O) groups excluding carboxylic acids is 1. The fourth-order valence-corrected chi connectivity index (χ4v) is 3.24. The molecule has 0 bridgehead atoms. The fraction of sp³-hybridized carbons (Fsp3) is 0.421. The Morgan fingerprint density at radius 1 is 1.14 bits per heavy atom. The van der Waals surface area contributed by atoms with E-state index in [1.165, 1.54) is 6.33 Å². The van der Waals surface area contributed by atoms with Gasteiger partial charge in [-0.1, -0.05) is 6.07 Å². The minimum atomic E-state index is -0.537. The molecule has 29 heavy (non-hydrogen) atoms. The molecule has 0 aliphatic carbocycles. The van der Waals surface area contributed by atoms with E-state index in [0.29, 0.717) is 38.5 Å². The maximum absolute atomic E-state index is 11.9. The number of anilines is 1. The van der Waals surface area contributed by atoms with Crippen molar-refractivity contribution in [2.45, 2.75) is 20.8 Å². The lowest BCUT2D eigenvalue weighted by atomic mass is 10.1. The minimum Gasteiger partial charge on any atom is -0.450 e. The third kappa shape index (κ3) is 4.71. The molecule has 1 saturated heterocycles. The van der Waals surface area contributed by atoms with Crippen molar-refractivity contribution in [1.29, 1.82) is 0 Å². The van der Waals surface area contributed by atoms with Gasteiger partial charge in [-0.2, -0.15) is 4.98 Å². The van der Waals surface area contributed by atoms with Crippen molar-refractivity contribution in [3.63, 3.8) is 0 Å². The number of ether oxygens (including phenoxy) is 2. The minimum absolute atomic E-state index is 0.113. The van der Waals surface area contributed by atoms with Crippen LogP contribution in [0.1, 0.15) is 18.1 Å². The molecule has 2 heterocycles. The maximum atomic E-state index is 11.9. The second kappa shape index (κ2) is 8.72. The summed E-state index contributed by atoms with van der Waals surface area (Å²) in [4.78, 5) is 34.6. The van der Waals surface area contributed by atoms with Crippen LogP contribution < -0.4 is 9.64 Å². The van der Waals surface area contributed by atoms with Crippen LogP contribution >= 0.6 is 0 Å². The zero-order valence-corrected chi connectivity index (χ0v) is 16.6. The summed E-state index contributed by atoms with van der Waals surface area (Å²) in [5.74, 6) is 0.535. The molecule has 1 fully saturated rings. The molecule has 0 atom stereocenters. The van der Waals surface area contributed by atoms with E-state index in [9.17, 15) is 14.9 Å². The monoisotopic (exact) mass is 401 g/mol. The van der Waals surface area contributed by atoms with E-state index in [1.807, 2.05) is 19.9 Å². The summed E-state index contributed by atoms with van der Waals surface area (Å²) in [6, 6.07) is 5.56. The summed E-state index contributed by atoms with van der Waals surface area (Å²) < 4.78 is 10.8. The predicted octanol–water partition coefficient (Wildman–Crippen LogP) is 3.07. The Kier molecular flexibility index (Phi) is 6.10. The summed E-state index contributed by atoms with van der Waals surface area (Å²) in [5, 5.41) is 11.8. The number of aromatic nitrogens is 2. The average Bonchev–Trinajstić information content (AvgIpc) is 2.67. The van der Waals surface area contributed by atoms with Gasteiger partial charge >= 0.3 is 17.7 Å². The van der Waals surface area contributed by atoms with E-state index in [0.717, 1.165) is 11.1 Å². The van der Waals surface area contributed by atoms with Gasteiger partial charge in [-0.05, 0) is 44.0 Å². The second-order valence-electron chi connectivity index (χ2n) is 6.71. The first-order chi connectivity index (χ1) is 13.9. The fourth-order valence-electron chi connectivity index (χ4n) is 3.24. The lowest BCUT2D eigenvalue weighted by molar-refractivity contribution is -0.385. The Morgan fingerprint density at radius 2 is 1.79 bits per heavy atom. The smallest absolute Gasteiger partial charge is 0.409 e. The van der Waals surface area contributed by atoms with Gasteiger partial charge < -0.3 is 19.3 Å². The molecule has 0 radical (unpaired) electrons. The van der Waals surface area contributed by atoms with Crippen LogP contribution in [0.2, 0.25) is 0 Å². The topological polar surface area (TPSA) is 111 Å². The molecule has 10 heteroatoms. The number of carbonyl (C=O) groups is 1. The highest BCUT2D eigenvalue weighted by molar-refractivity contribution is 5.69. The second-order valence-corrected chi connectivity index (χ2v) is 6.71. The van der Waals surface area contributed by atoms with E-state index in [2.05, 4.69) is 9.97 Å². The van der Waals surface area contributed by atoms with Gasteiger partial charge in [-0.15, -0.1) is 0 Å². The molecule has 2 aromatic rings. The van der Waals surface area contributed by atoms with Crippen LogP contribution in [0.4, 0.5) is 16.3 Å². The van der Waals surface area contributed by atoms with Gasteiger partial charge in [-0.3, -0.25) is 10.1 Å². The Bertz CT molecular complexity index is 892. The zero-order valence-electron chi connectivity index (χ0n) is 16.6. The van der Waals surface area contributed by atoms with Crippen LogP contribution in [0.5, 0.6) is 11.6 Å². The first-order valence-electron chi connectivity index (χ1n) is 9.31. The lowest BCUT2D eigenvalue weighted by Crippen LogP contribution is -2.49. The molecular formula is C19H23N5O5. The number of aryl methyl sites for hydroxylation is 2. The quantitative estimate of drug-likeness (QED) is 0.555. The van der Waals surface area contributed by atoms with E-state index in [-0.39, 0.29) is 23.5 Å². The van der Waals surface area contributed by atoms with Gasteiger partial charge in [0.25, 0.3) is 0 Å². The van der Waals surface area contributed by atoms with E-state index < -0.39 is 4.92 Å². The van der Waals surface area contributed by atoms with Crippen molar-refractivity contribution in [3.8, 4) is 11.6 Å². The van der Waals surface area contributed by atoms with Gasteiger partial charge in [0, 0.05) is 26.2 Å². The molecular weight excluding hydrogens is 378 g/mol. The molecule has 0 N–H and O–H groups in total. The van der Waals surface area contributed by atoms with Crippen molar-refractivity contribution < 1.29 is 19.2 Å². The third-order valence-corrected chi connectivity index (χ3v) is 4.47. The highest BCUT2D eigenvalue weighted by Crippen LogP contribution is 2.36. The van der Waals surface area contributed by atoms with Gasteiger partial charge in [0.15, 0.2) is 0 Å². The van der Waals surface area contributed by atoms with Crippen LogP contribution in [-0.4, -0.2) is 58.7 Å². The largest absolute Gasteiger partial charge is 0.450 e. The number of benzene rings is 1. The summed E-state index contributed by atoms with van der Waals surface area (Å²) in [6.45, 7) is 7.43. The molecule has 0 saturated carbocycles. The van der Waals surface area contributed by atoms with E-state index in [1.54, 1.807) is 28.9 Å². The normalized spacial score (nSPS) is 13.9. The molecule has 1 aromatic carbocycles.